The van der Waals surface area contributed by atoms with E-state index in [2.05, 4.69) is 9.18 Å². The lowest BCUT2D eigenvalue weighted by Crippen LogP contribution is -2.31. The summed E-state index contributed by atoms with van der Waals surface area (Å²) in [6, 6.07) is 0. The van der Waals surface area contributed by atoms with Crippen LogP contribution in [0, 0.1) is 0 Å². The van der Waals surface area contributed by atoms with Gasteiger partial charge in [-0.25, -0.2) is 0 Å². The van der Waals surface area contributed by atoms with Crippen LogP contribution in [0.2, 0.25) is 0 Å². The summed E-state index contributed by atoms with van der Waals surface area (Å²) in [5.74, 6) is -0.472. The van der Waals surface area contributed by atoms with Crippen LogP contribution in [0.4, 0.5) is 13.2 Å². The fourth-order valence-corrected chi connectivity index (χ4v) is 1.50. The van der Waals surface area contributed by atoms with Gasteiger partial charge in [-0.15, -0.1) is 0 Å². The number of rotatable bonds is 3. The minimum atomic E-state index is -5.61. The van der Waals surface area contributed by atoms with Gasteiger partial charge in [0.1, 0.15) is 0 Å². The van der Waals surface area contributed by atoms with E-state index in [1.807, 2.05) is 0 Å². The summed E-state index contributed by atoms with van der Waals surface area (Å²) in [5, 5.41) is -0.563. The monoisotopic (exact) mass is 265 g/mol. The highest BCUT2D eigenvalue weighted by Gasteiger charge is 2.49. The van der Waals surface area contributed by atoms with Gasteiger partial charge in [0.05, 0.1) is 5.25 Å². The van der Waals surface area contributed by atoms with E-state index in [-0.39, 0.29) is 0 Å². The van der Waals surface area contributed by atoms with Crippen molar-refractivity contribution in [3.8, 4) is 0 Å². The lowest BCUT2D eigenvalue weighted by atomic mass is 10.5. The predicted octanol–water partition coefficient (Wildman–Crippen LogP) is 1.63. The zero-order valence-electron chi connectivity index (χ0n) is 8.20. The highest BCUT2D eigenvalue weighted by Crippen LogP contribution is 2.26. The number of hydrogen-bond donors (Lipinski definition) is 0. The van der Waals surface area contributed by atoms with Gasteiger partial charge in [0.25, 0.3) is 0 Å². The molecule has 0 aliphatic carbocycles. The summed E-state index contributed by atoms with van der Waals surface area (Å²) in [5.41, 5.74) is -5.43. The third-order valence-corrected chi connectivity index (χ3v) is 3.27. The maximum absolute atomic E-state index is 11.9. The number of alkyl halides is 3. The summed E-state index contributed by atoms with van der Waals surface area (Å²) in [7, 11) is -4.45. The fourth-order valence-electron chi connectivity index (χ4n) is 0.547. The van der Waals surface area contributed by atoms with Crippen molar-refractivity contribution in [1.82, 2.24) is 0 Å². The average molecular weight is 265 g/mol. The molecule has 0 aromatic heterocycles. The standard InChI is InChI=1S/C6H10F3NO3S2/c1-4(14-3)5(10-2)13-15(11,12)6(7,8)9/h4H,1-3H3. The van der Waals surface area contributed by atoms with Crippen LogP contribution in [0.3, 0.4) is 0 Å². The van der Waals surface area contributed by atoms with Gasteiger partial charge >= 0.3 is 15.6 Å². The summed E-state index contributed by atoms with van der Waals surface area (Å²) in [6.07, 6.45) is 1.60. The molecule has 90 valence electrons. The Balaban J connectivity index is 4.89. The van der Waals surface area contributed by atoms with Gasteiger partial charge in [0.15, 0.2) is 0 Å². The van der Waals surface area contributed by atoms with E-state index in [1.165, 1.54) is 6.92 Å². The largest absolute Gasteiger partial charge is 0.534 e. The highest BCUT2D eigenvalue weighted by molar-refractivity contribution is 8.00. The van der Waals surface area contributed by atoms with E-state index in [9.17, 15) is 21.6 Å². The molecule has 0 rings (SSSR count). The smallest absolute Gasteiger partial charge is 0.359 e. The van der Waals surface area contributed by atoms with E-state index in [4.69, 9.17) is 0 Å². The Morgan fingerprint density at radius 1 is 1.47 bits per heavy atom. The van der Waals surface area contributed by atoms with Crippen LogP contribution in [-0.2, 0) is 14.3 Å². The van der Waals surface area contributed by atoms with Crippen LogP contribution in [-0.4, -0.2) is 38.4 Å². The second kappa shape index (κ2) is 5.06. The molecule has 0 amide bonds. The summed E-state index contributed by atoms with van der Waals surface area (Å²) in [4.78, 5) is 3.35. The average Bonchev–Trinajstić information content (AvgIpc) is 2.11. The van der Waals surface area contributed by atoms with Crippen LogP contribution in [0.15, 0.2) is 4.99 Å². The Hall–Kier alpha value is -0.440. The Morgan fingerprint density at radius 2 is 1.93 bits per heavy atom. The third-order valence-electron chi connectivity index (χ3n) is 1.40. The minimum Gasteiger partial charge on any atom is -0.359 e. The molecule has 0 heterocycles. The van der Waals surface area contributed by atoms with Gasteiger partial charge in [-0.1, -0.05) is 0 Å². The maximum atomic E-state index is 11.9. The lowest BCUT2D eigenvalue weighted by molar-refractivity contribution is -0.0505. The zero-order chi connectivity index (χ0) is 12.3. The molecule has 0 spiro atoms. The van der Waals surface area contributed by atoms with Crippen molar-refractivity contribution in [1.29, 1.82) is 0 Å². The number of nitrogens with zero attached hydrogens (tertiary/aromatic N) is 1. The first kappa shape index (κ1) is 14.6. The van der Waals surface area contributed by atoms with Crippen molar-refractivity contribution in [3.63, 3.8) is 0 Å². The van der Waals surface area contributed by atoms with Crippen LogP contribution in [0.5, 0.6) is 0 Å². The molecule has 9 heteroatoms. The second-order valence-corrected chi connectivity index (χ2v) is 5.14. The summed E-state index contributed by atoms with van der Waals surface area (Å²) >= 11 is 1.12. The molecular weight excluding hydrogens is 255 g/mol. The second-order valence-electron chi connectivity index (χ2n) is 2.42. The molecule has 0 saturated heterocycles. The van der Waals surface area contributed by atoms with Gasteiger partial charge in [0.2, 0.25) is 5.90 Å². The molecule has 0 N–H and O–H groups in total. The van der Waals surface area contributed by atoms with E-state index in [1.54, 1.807) is 6.26 Å². The van der Waals surface area contributed by atoms with E-state index in [0.29, 0.717) is 0 Å². The van der Waals surface area contributed by atoms with Crippen LogP contribution < -0.4 is 0 Å². The summed E-state index contributed by atoms with van der Waals surface area (Å²) in [6.45, 7) is 1.49. The molecule has 0 bridgehead atoms. The van der Waals surface area contributed by atoms with Crippen molar-refractivity contribution in [3.05, 3.63) is 0 Å². The van der Waals surface area contributed by atoms with Crippen LogP contribution in [0.25, 0.3) is 0 Å². The van der Waals surface area contributed by atoms with Crippen molar-refractivity contribution in [2.75, 3.05) is 13.3 Å². The van der Waals surface area contributed by atoms with Crippen molar-refractivity contribution >= 4 is 27.8 Å². The number of hydrogen-bond acceptors (Lipinski definition) is 5. The molecule has 15 heavy (non-hydrogen) atoms. The predicted molar refractivity (Wildman–Crippen MR) is 52.4 cm³/mol. The molecule has 1 unspecified atom stereocenters. The van der Waals surface area contributed by atoms with Crippen molar-refractivity contribution in [2.24, 2.45) is 4.99 Å². The van der Waals surface area contributed by atoms with E-state index >= 15 is 0 Å². The fraction of sp³-hybridized carbons (Fsp3) is 0.833. The van der Waals surface area contributed by atoms with Gasteiger partial charge in [-0.2, -0.15) is 33.4 Å². The maximum Gasteiger partial charge on any atom is 0.534 e. The SMILES string of the molecule is CN=C(OS(=O)(=O)C(F)(F)F)C(C)SC. The molecule has 1 atom stereocenters. The topological polar surface area (TPSA) is 55.7 Å². The first-order valence-corrected chi connectivity index (χ1v) is 6.35. The Bertz CT molecular complexity index is 336. The first-order chi connectivity index (χ1) is 6.65. The number of thioether (sulfide) groups is 1. The van der Waals surface area contributed by atoms with Crippen LogP contribution >= 0.6 is 11.8 Å². The molecule has 4 nitrogen and oxygen atoms in total. The van der Waals surface area contributed by atoms with Crippen molar-refractivity contribution < 1.29 is 25.8 Å². The lowest BCUT2D eigenvalue weighted by Gasteiger charge is -2.14. The molecule has 0 radical (unpaired) electrons. The normalized spacial score (nSPS) is 16.3. The van der Waals surface area contributed by atoms with Crippen molar-refractivity contribution in [2.45, 2.75) is 17.7 Å². The van der Waals surface area contributed by atoms with E-state index in [0.717, 1.165) is 18.8 Å². The third kappa shape index (κ3) is 3.90. The van der Waals surface area contributed by atoms with E-state index < -0.39 is 26.8 Å². The highest BCUT2D eigenvalue weighted by atomic mass is 32.2. The van der Waals surface area contributed by atoms with Gasteiger partial charge < -0.3 is 4.18 Å². The number of halogens is 3. The minimum absolute atomic E-state index is 0.472. The first-order valence-electron chi connectivity index (χ1n) is 3.66. The molecule has 0 aromatic rings. The molecule has 0 aliphatic rings. The van der Waals surface area contributed by atoms with Crippen LogP contribution in [0.1, 0.15) is 6.92 Å². The van der Waals surface area contributed by atoms with Gasteiger partial charge in [-0.3, -0.25) is 4.99 Å². The molecule has 0 aromatic carbocycles. The molecule has 0 saturated carbocycles. The van der Waals surface area contributed by atoms with Gasteiger partial charge in [-0.05, 0) is 13.2 Å². The Labute approximate surface area is 90.0 Å². The Morgan fingerprint density at radius 3 is 2.20 bits per heavy atom. The zero-order valence-corrected chi connectivity index (χ0v) is 9.83. The summed E-state index contributed by atoms with van der Waals surface area (Å²) < 4.78 is 60.9. The van der Waals surface area contributed by atoms with Gasteiger partial charge in [0, 0.05) is 7.05 Å². The molecule has 0 fully saturated rings. The quantitative estimate of drug-likeness (QED) is 0.337. The number of aliphatic imine (C=N–C) groups is 1. The Kier molecular flexibility index (Phi) is 4.91. The molecule has 0 aliphatic heterocycles. The molecular formula is C6H10F3NO3S2.